The smallest absolute Gasteiger partial charge is 0.341 e. The van der Waals surface area contributed by atoms with Gasteiger partial charge in [-0.2, -0.15) is 0 Å². The fourth-order valence-electron chi connectivity index (χ4n) is 3.68. The molecule has 0 bridgehead atoms. The molecule has 1 atom stereocenters. The summed E-state index contributed by atoms with van der Waals surface area (Å²) in [4.78, 5) is 21.0. The molecule has 0 saturated heterocycles. The van der Waals surface area contributed by atoms with E-state index in [1.165, 1.54) is 70.2 Å². The number of hydrogen-bond donors (Lipinski definition) is 0. The molecule has 5 heteroatoms. The van der Waals surface area contributed by atoms with Crippen LogP contribution in [0.2, 0.25) is 0 Å². The Morgan fingerprint density at radius 1 is 0.818 bits per heavy atom. The fraction of sp³-hybridized carbons (Fsp3) is 0.607. The second kappa shape index (κ2) is 16.2. The van der Waals surface area contributed by atoms with Crippen LogP contribution in [0.25, 0.3) is 11.4 Å². The monoisotopic (exact) mass is 454 g/mol. The third kappa shape index (κ3) is 10.8. The van der Waals surface area contributed by atoms with Gasteiger partial charge in [0.15, 0.2) is 5.82 Å². The van der Waals surface area contributed by atoms with Gasteiger partial charge >= 0.3 is 5.97 Å². The molecule has 1 unspecified atom stereocenters. The summed E-state index contributed by atoms with van der Waals surface area (Å²) >= 11 is 0. The molecule has 0 radical (unpaired) electrons. The van der Waals surface area contributed by atoms with E-state index in [1.807, 2.05) is 24.3 Å². The lowest BCUT2D eigenvalue weighted by Gasteiger charge is -2.11. The van der Waals surface area contributed by atoms with Crippen LogP contribution in [0.15, 0.2) is 36.7 Å². The second-order valence-electron chi connectivity index (χ2n) is 8.96. The number of benzene rings is 1. The van der Waals surface area contributed by atoms with Crippen LogP contribution >= 0.6 is 0 Å². The largest absolute Gasteiger partial charge is 0.494 e. The third-order valence-electron chi connectivity index (χ3n) is 5.91. The van der Waals surface area contributed by atoms with E-state index in [0.717, 1.165) is 30.8 Å². The van der Waals surface area contributed by atoms with Crippen molar-refractivity contribution in [1.82, 2.24) is 9.97 Å². The molecule has 182 valence electrons. The molecule has 0 N–H and O–H groups in total. The van der Waals surface area contributed by atoms with Crippen LogP contribution < -0.4 is 4.74 Å². The van der Waals surface area contributed by atoms with Crippen LogP contribution in [0.4, 0.5) is 0 Å². The predicted octanol–water partition coefficient (Wildman–Crippen LogP) is 7.65. The van der Waals surface area contributed by atoms with Gasteiger partial charge in [-0.3, -0.25) is 0 Å². The molecule has 0 amide bonds. The van der Waals surface area contributed by atoms with Gasteiger partial charge in [-0.25, -0.2) is 14.8 Å². The number of esters is 1. The van der Waals surface area contributed by atoms with Gasteiger partial charge < -0.3 is 9.47 Å². The molecule has 5 nitrogen and oxygen atoms in total. The number of aromatic nitrogens is 2. The van der Waals surface area contributed by atoms with Crippen molar-refractivity contribution in [3.8, 4) is 17.1 Å². The highest BCUT2D eigenvalue weighted by atomic mass is 16.5. The Morgan fingerprint density at radius 2 is 1.45 bits per heavy atom. The maximum Gasteiger partial charge on any atom is 0.341 e. The van der Waals surface area contributed by atoms with Crippen LogP contribution in [0.3, 0.4) is 0 Å². The molecule has 0 spiro atoms. The summed E-state index contributed by atoms with van der Waals surface area (Å²) < 4.78 is 11.2. The number of carbonyl (C=O) groups excluding carboxylic acids is 1. The number of rotatable bonds is 17. The lowest BCUT2D eigenvalue weighted by atomic mass is 10.0. The van der Waals surface area contributed by atoms with Crippen molar-refractivity contribution in [2.45, 2.75) is 91.4 Å². The van der Waals surface area contributed by atoms with E-state index in [-0.39, 0.29) is 5.97 Å². The molecular formula is C28H42N2O3. The Morgan fingerprint density at radius 3 is 2.15 bits per heavy atom. The van der Waals surface area contributed by atoms with Crippen molar-refractivity contribution in [3.63, 3.8) is 0 Å². The van der Waals surface area contributed by atoms with E-state index in [4.69, 9.17) is 9.47 Å². The van der Waals surface area contributed by atoms with E-state index in [0.29, 0.717) is 23.9 Å². The summed E-state index contributed by atoms with van der Waals surface area (Å²) in [5.74, 6) is 1.65. The topological polar surface area (TPSA) is 61.3 Å². The first-order valence-corrected chi connectivity index (χ1v) is 12.9. The lowest BCUT2D eigenvalue weighted by molar-refractivity contribution is 0.0482. The summed E-state index contributed by atoms with van der Waals surface area (Å²) in [6.45, 7) is 7.84. The van der Waals surface area contributed by atoms with Crippen LogP contribution in [0, 0.1) is 5.92 Å². The molecule has 33 heavy (non-hydrogen) atoms. The highest BCUT2D eigenvalue weighted by molar-refractivity contribution is 5.88. The predicted molar refractivity (Wildman–Crippen MR) is 135 cm³/mol. The van der Waals surface area contributed by atoms with Crippen molar-refractivity contribution >= 4 is 5.97 Å². The van der Waals surface area contributed by atoms with Gasteiger partial charge in [0.1, 0.15) is 5.75 Å². The molecular weight excluding hydrogens is 412 g/mol. The molecule has 1 aromatic carbocycles. The van der Waals surface area contributed by atoms with E-state index >= 15 is 0 Å². The van der Waals surface area contributed by atoms with Gasteiger partial charge in [0.05, 0.1) is 18.8 Å². The Hall–Kier alpha value is -2.43. The van der Waals surface area contributed by atoms with Gasteiger partial charge in [0.25, 0.3) is 0 Å². The normalized spacial score (nSPS) is 11.8. The van der Waals surface area contributed by atoms with Crippen molar-refractivity contribution in [2.75, 3.05) is 13.2 Å². The van der Waals surface area contributed by atoms with Gasteiger partial charge in [0.2, 0.25) is 0 Å². The molecule has 0 fully saturated rings. The second-order valence-corrected chi connectivity index (χ2v) is 8.96. The molecule has 0 aliphatic carbocycles. The lowest BCUT2D eigenvalue weighted by Crippen LogP contribution is -2.10. The minimum atomic E-state index is -0.360. The Kier molecular flexibility index (Phi) is 13.2. The van der Waals surface area contributed by atoms with Gasteiger partial charge in [0, 0.05) is 18.0 Å². The summed E-state index contributed by atoms with van der Waals surface area (Å²) in [6.07, 6.45) is 16.4. The molecule has 1 aromatic heterocycles. The molecule has 0 aliphatic heterocycles. The van der Waals surface area contributed by atoms with E-state index in [9.17, 15) is 4.79 Å². The summed E-state index contributed by atoms with van der Waals surface area (Å²) in [7, 11) is 0. The van der Waals surface area contributed by atoms with Crippen molar-refractivity contribution in [2.24, 2.45) is 5.92 Å². The number of unbranched alkanes of at least 4 members (excludes halogenated alkanes) is 7. The molecule has 2 rings (SSSR count). The van der Waals surface area contributed by atoms with Crippen LogP contribution in [0.5, 0.6) is 5.75 Å². The van der Waals surface area contributed by atoms with E-state index in [2.05, 4.69) is 30.7 Å². The van der Waals surface area contributed by atoms with Gasteiger partial charge in [-0.1, -0.05) is 78.6 Å². The maximum atomic E-state index is 12.3. The minimum absolute atomic E-state index is 0.360. The highest BCUT2D eigenvalue weighted by Crippen LogP contribution is 2.20. The van der Waals surface area contributed by atoms with Crippen molar-refractivity contribution in [1.29, 1.82) is 0 Å². The van der Waals surface area contributed by atoms with Crippen molar-refractivity contribution in [3.05, 3.63) is 42.2 Å². The zero-order chi connectivity index (χ0) is 23.7. The summed E-state index contributed by atoms with van der Waals surface area (Å²) in [6, 6.07) is 7.78. The molecule has 2 aromatic rings. The minimum Gasteiger partial charge on any atom is -0.494 e. The zero-order valence-electron chi connectivity index (χ0n) is 20.9. The Labute approximate surface area is 200 Å². The average molecular weight is 455 g/mol. The first-order valence-electron chi connectivity index (χ1n) is 12.9. The van der Waals surface area contributed by atoms with Crippen LogP contribution in [-0.4, -0.2) is 29.2 Å². The summed E-state index contributed by atoms with van der Waals surface area (Å²) in [5.41, 5.74) is 1.28. The quantitative estimate of drug-likeness (QED) is 0.181. The van der Waals surface area contributed by atoms with Crippen LogP contribution in [0.1, 0.15) is 102 Å². The fourth-order valence-corrected chi connectivity index (χ4v) is 3.68. The average Bonchev–Trinajstić information content (AvgIpc) is 2.84. The number of carbonyl (C=O) groups is 1. The Balaban J connectivity index is 1.72. The van der Waals surface area contributed by atoms with Crippen molar-refractivity contribution < 1.29 is 14.3 Å². The van der Waals surface area contributed by atoms with Gasteiger partial charge in [-0.05, 0) is 43.0 Å². The molecule has 0 aliphatic rings. The SMILES string of the molecule is CCCCCCCCOc1ccc(-c2ncc(C(=O)OCCC(C)CCCCC)cn2)cc1. The maximum absolute atomic E-state index is 12.3. The van der Waals surface area contributed by atoms with Crippen LogP contribution in [-0.2, 0) is 4.74 Å². The molecule has 1 heterocycles. The zero-order valence-corrected chi connectivity index (χ0v) is 20.9. The van der Waals surface area contributed by atoms with E-state index in [1.54, 1.807) is 0 Å². The number of ether oxygens (including phenoxy) is 2. The van der Waals surface area contributed by atoms with Gasteiger partial charge in [-0.15, -0.1) is 0 Å². The first kappa shape index (κ1) is 26.8. The first-order chi connectivity index (χ1) is 16.1. The summed E-state index contributed by atoms with van der Waals surface area (Å²) in [5, 5.41) is 0. The van der Waals surface area contributed by atoms with E-state index < -0.39 is 0 Å². The standard InChI is InChI=1S/C28H42N2O3/c1-4-6-8-9-10-12-19-32-26-16-14-24(15-17-26)27-29-21-25(22-30-27)28(31)33-20-18-23(3)13-11-7-5-2/h14-17,21-23H,4-13,18-20H2,1-3H3. The Bertz CT molecular complexity index is 775. The highest BCUT2D eigenvalue weighted by Gasteiger charge is 2.11. The number of hydrogen-bond acceptors (Lipinski definition) is 5. The molecule has 0 saturated carbocycles. The number of nitrogens with zero attached hydrogens (tertiary/aromatic N) is 2. The third-order valence-corrected chi connectivity index (χ3v) is 5.91.